The molecule has 0 aromatic carbocycles. The van der Waals surface area contributed by atoms with Gasteiger partial charge in [-0.3, -0.25) is 0 Å². The molecule has 0 spiro atoms. The molecule has 1 aliphatic rings. The van der Waals surface area contributed by atoms with Crippen LogP contribution in [0.25, 0.3) is 0 Å². The van der Waals surface area contributed by atoms with Gasteiger partial charge in [-0.15, -0.1) is 0 Å². The third-order valence-electron chi connectivity index (χ3n) is 4.25. The molecular formula is C14H22FN3O. The maximum absolute atomic E-state index is 13.5. The molecule has 4 nitrogen and oxygen atoms in total. The number of nitrogens with zero attached hydrogens (tertiary/aromatic N) is 2. The third kappa shape index (κ3) is 2.56. The highest BCUT2D eigenvalue weighted by Gasteiger charge is 2.42. The number of aryl methyl sites for hydroxylation is 1. The fraction of sp³-hybridized carbons (Fsp3) is 0.714. The van der Waals surface area contributed by atoms with E-state index in [0.717, 1.165) is 25.7 Å². The van der Waals surface area contributed by atoms with E-state index >= 15 is 0 Å². The van der Waals surface area contributed by atoms with E-state index in [0.29, 0.717) is 11.2 Å². The fourth-order valence-electron chi connectivity index (χ4n) is 2.63. The Labute approximate surface area is 113 Å². The van der Waals surface area contributed by atoms with Gasteiger partial charge in [0.25, 0.3) is 0 Å². The molecule has 1 aromatic heterocycles. The highest BCUT2D eigenvalue weighted by atomic mass is 19.1. The Hall–Kier alpha value is -1.23. The molecule has 1 heterocycles. The van der Waals surface area contributed by atoms with Crippen molar-refractivity contribution in [1.82, 2.24) is 9.97 Å². The summed E-state index contributed by atoms with van der Waals surface area (Å²) in [4.78, 5) is 8.37. The van der Waals surface area contributed by atoms with E-state index in [9.17, 15) is 4.39 Å². The molecule has 1 aromatic rings. The zero-order valence-electron chi connectivity index (χ0n) is 12.1. The number of hydrogen-bond acceptors (Lipinski definition) is 4. The second kappa shape index (κ2) is 4.71. The molecule has 2 N–H and O–H groups in total. The quantitative estimate of drug-likeness (QED) is 0.895. The third-order valence-corrected chi connectivity index (χ3v) is 4.25. The van der Waals surface area contributed by atoms with Crippen LogP contribution in [0.4, 0.5) is 10.2 Å². The first kappa shape index (κ1) is 14.2. The van der Waals surface area contributed by atoms with Gasteiger partial charge in [-0.1, -0.05) is 13.8 Å². The standard InChI is InChI=1S/C14H22FN3O/c1-9-10(15)11(16)18-12(17-9)14(19-4)7-5-13(2,3)6-8-14/h5-8H2,1-4H3,(H2,16,17,18). The molecule has 1 saturated carbocycles. The van der Waals surface area contributed by atoms with E-state index in [2.05, 4.69) is 23.8 Å². The summed E-state index contributed by atoms with van der Waals surface area (Å²) in [5.41, 5.74) is 5.68. The Kier molecular flexibility index (Phi) is 3.51. The molecule has 5 heteroatoms. The Bertz CT molecular complexity index is 455. The number of nitrogens with two attached hydrogens (primary N) is 1. The zero-order chi connectivity index (χ0) is 14.3. The molecule has 0 atom stereocenters. The predicted octanol–water partition coefficient (Wildman–Crippen LogP) is 2.95. The molecular weight excluding hydrogens is 245 g/mol. The number of methoxy groups -OCH3 is 1. The molecule has 106 valence electrons. The van der Waals surface area contributed by atoms with Crippen molar-refractivity contribution in [2.45, 2.75) is 52.1 Å². The number of aromatic nitrogens is 2. The first-order valence-electron chi connectivity index (χ1n) is 6.65. The molecule has 0 bridgehead atoms. The Balaban J connectivity index is 2.38. The van der Waals surface area contributed by atoms with E-state index in [1.165, 1.54) is 0 Å². The van der Waals surface area contributed by atoms with E-state index in [1.54, 1.807) is 14.0 Å². The van der Waals surface area contributed by atoms with E-state index in [-0.39, 0.29) is 11.5 Å². The molecule has 1 fully saturated rings. The van der Waals surface area contributed by atoms with E-state index in [1.807, 2.05) is 0 Å². The zero-order valence-corrected chi connectivity index (χ0v) is 12.1. The van der Waals surface area contributed by atoms with Gasteiger partial charge in [0, 0.05) is 7.11 Å². The maximum atomic E-state index is 13.5. The Morgan fingerprint density at radius 2 is 1.74 bits per heavy atom. The van der Waals surface area contributed by atoms with Crippen molar-refractivity contribution in [3.63, 3.8) is 0 Å². The molecule has 19 heavy (non-hydrogen) atoms. The number of nitrogen functional groups attached to an aromatic ring is 1. The van der Waals surface area contributed by atoms with Gasteiger partial charge in [-0.2, -0.15) is 0 Å². The summed E-state index contributed by atoms with van der Waals surface area (Å²) in [6.07, 6.45) is 3.73. The molecule has 1 aliphatic carbocycles. The van der Waals surface area contributed by atoms with Crippen LogP contribution in [0.15, 0.2) is 0 Å². The van der Waals surface area contributed by atoms with Crippen LogP contribution in [0.2, 0.25) is 0 Å². The molecule has 0 saturated heterocycles. The second-order valence-corrected chi connectivity index (χ2v) is 6.19. The number of anilines is 1. The first-order valence-corrected chi connectivity index (χ1v) is 6.65. The second-order valence-electron chi connectivity index (χ2n) is 6.19. The lowest BCUT2D eigenvalue weighted by Crippen LogP contribution is -2.38. The van der Waals surface area contributed by atoms with Crippen LogP contribution in [0, 0.1) is 18.2 Å². The molecule has 0 unspecified atom stereocenters. The van der Waals surface area contributed by atoms with Crippen LogP contribution in [0.3, 0.4) is 0 Å². The number of rotatable bonds is 2. The van der Waals surface area contributed by atoms with Crippen molar-refractivity contribution in [1.29, 1.82) is 0 Å². The van der Waals surface area contributed by atoms with Gasteiger partial charge in [0.1, 0.15) is 5.60 Å². The molecule has 0 aliphatic heterocycles. The van der Waals surface area contributed by atoms with Crippen LogP contribution in [0.5, 0.6) is 0 Å². The minimum Gasteiger partial charge on any atom is -0.381 e. The average Bonchev–Trinajstić information content (AvgIpc) is 2.36. The van der Waals surface area contributed by atoms with Gasteiger partial charge in [0.2, 0.25) is 0 Å². The SMILES string of the molecule is COC1(c2nc(C)c(F)c(N)n2)CCC(C)(C)CC1. The minimum atomic E-state index is -0.536. The number of hydrogen-bond donors (Lipinski definition) is 1. The van der Waals surface area contributed by atoms with Crippen LogP contribution in [-0.4, -0.2) is 17.1 Å². The van der Waals surface area contributed by atoms with Crippen molar-refractivity contribution < 1.29 is 9.13 Å². The summed E-state index contributed by atoms with van der Waals surface area (Å²) in [5, 5.41) is 0. The highest BCUT2D eigenvalue weighted by Crippen LogP contribution is 2.46. The summed E-state index contributed by atoms with van der Waals surface area (Å²) in [5.74, 6) is -0.114. The topological polar surface area (TPSA) is 61.0 Å². The normalized spacial score (nSPS) is 21.3. The summed E-state index contributed by atoms with van der Waals surface area (Å²) >= 11 is 0. The van der Waals surface area contributed by atoms with E-state index in [4.69, 9.17) is 10.5 Å². The van der Waals surface area contributed by atoms with Crippen LogP contribution in [0.1, 0.15) is 51.0 Å². The molecule has 0 radical (unpaired) electrons. The van der Waals surface area contributed by atoms with Crippen molar-refractivity contribution in [3.8, 4) is 0 Å². The summed E-state index contributed by atoms with van der Waals surface area (Å²) in [6.45, 7) is 6.10. The summed E-state index contributed by atoms with van der Waals surface area (Å²) in [7, 11) is 1.66. The summed E-state index contributed by atoms with van der Waals surface area (Å²) < 4.78 is 19.2. The van der Waals surface area contributed by atoms with E-state index < -0.39 is 11.4 Å². The van der Waals surface area contributed by atoms with Gasteiger partial charge in [-0.05, 0) is 38.0 Å². The van der Waals surface area contributed by atoms with Gasteiger partial charge >= 0.3 is 0 Å². The van der Waals surface area contributed by atoms with Crippen molar-refractivity contribution in [2.24, 2.45) is 5.41 Å². The molecule has 0 amide bonds. The molecule has 2 rings (SSSR count). The largest absolute Gasteiger partial charge is 0.381 e. The lowest BCUT2D eigenvalue weighted by molar-refractivity contribution is -0.0730. The average molecular weight is 267 g/mol. The number of ether oxygens (including phenoxy) is 1. The van der Waals surface area contributed by atoms with Gasteiger partial charge in [0.15, 0.2) is 17.5 Å². The van der Waals surface area contributed by atoms with Crippen LogP contribution >= 0.6 is 0 Å². The Morgan fingerprint density at radius 1 is 1.16 bits per heavy atom. The monoisotopic (exact) mass is 267 g/mol. The summed E-state index contributed by atoms with van der Waals surface area (Å²) in [6, 6.07) is 0. The lowest BCUT2D eigenvalue weighted by Gasteiger charge is -2.41. The Morgan fingerprint density at radius 3 is 2.21 bits per heavy atom. The fourth-order valence-corrected chi connectivity index (χ4v) is 2.63. The lowest BCUT2D eigenvalue weighted by atomic mass is 9.70. The van der Waals surface area contributed by atoms with Gasteiger partial charge in [-0.25, -0.2) is 14.4 Å². The predicted molar refractivity (Wildman–Crippen MR) is 72.1 cm³/mol. The number of halogens is 1. The highest BCUT2D eigenvalue weighted by molar-refractivity contribution is 5.33. The van der Waals surface area contributed by atoms with Gasteiger partial charge < -0.3 is 10.5 Å². The van der Waals surface area contributed by atoms with Crippen LogP contribution in [-0.2, 0) is 10.3 Å². The van der Waals surface area contributed by atoms with Crippen molar-refractivity contribution >= 4 is 5.82 Å². The van der Waals surface area contributed by atoms with Gasteiger partial charge in [0.05, 0.1) is 5.69 Å². The maximum Gasteiger partial charge on any atom is 0.186 e. The smallest absolute Gasteiger partial charge is 0.186 e. The minimum absolute atomic E-state index is 0.0937. The van der Waals surface area contributed by atoms with Crippen molar-refractivity contribution in [3.05, 3.63) is 17.3 Å². The first-order chi connectivity index (χ1) is 8.80. The van der Waals surface area contributed by atoms with Crippen LogP contribution < -0.4 is 5.73 Å². The van der Waals surface area contributed by atoms with Crippen molar-refractivity contribution in [2.75, 3.05) is 12.8 Å².